The number of nitrogens with zero attached hydrogens (tertiary/aromatic N) is 2. The van der Waals surface area contributed by atoms with Gasteiger partial charge in [0.25, 0.3) is 0 Å². The number of aryl methyl sites for hydroxylation is 1. The van der Waals surface area contributed by atoms with Gasteiger partial charge in [-0.05, 0) is 30.7 Å². The van der Waals surface area contributed by atoms with E-state index in [0.29, 0.717) is 11.2 Å². The fourth-order valence-electron chi connectivity index (χ4n) is 2.34. The zero-order valence-electron chi connectivity index (χ0n) is 12.7. The minimum Gasteiger partial charge on any atom is -0.465 e. The first kappa shape index (κ1) is 14.8. The Labute approximate surface area is 132 Å². The summed E-state index contributed by atoms with van der Waals surface area (Å²) in [6.07, 6.45) is 1.63. The van der Waals surface area contributed by atoms with Crippen LogP contribution in [0.25, 0.3) is 10.9 Å². The number of ether oxygens (including phenoxy) is 1. The van der Waals surface area contributed by atoms with Gasteiger partial charge in [0.05, 0.1) is 30.1 Å². The van der Waals surface area contributed by atoms with E-state index < -0.39 is 12.0 Å². The van der Waals surface area contributed by atoms with Gasteiger partial charge in [0.15, 0.2) is 0 Å². The summed E-state index contributed by atoms with van der Waals surface area (Å²) >= 11 is 0. The number of aromatic nitrogens is 2. The van der Waals surface area contributed by atoms with Crippen LogP contribution < -0.4 is 5.32 Å². The molecule has 3 aromatic rings. The van der Waals surface area contributed by atoms with Gasteiger partial charge in [-0.15, -0.1) is 0 Å². The molecule has 6 nitrogen and oxygen atoms in total. The maximum Gasteiger partial charge on any atom is 0.347 e. The Kier molecular flexibility index (Phi) is 3.80. The lowest BCUT2D eigenvalue weighted by molar-refractivity contribution is 0.0602. The monoisotopic (exact) mass is 309 g/mol. The van der Waals surface area contributed by atoms with E-state index in [-0.39, 0.29) is 5.56 Å². The molecule has 6 heteroatoms. The first-order valence-corrected chi connectivity index (χ1v) is 7.03. The van der Waals surface area contributed by atoms with E-state index in [9.17, 15) is 9.59 Å². The molecule has 1 aromatic heterocycles. The van der Waals surface area contributed by atoms with Crippen LogP contribution in [0.3, 0.4) is 0 Å². The summed E-state index contributed by atoms with van der Waals surface area (Å²) in [6.45, 7) is 1.95. The maximum atomic E-state index is 12.5. The molecule has 23 heavy (non-hydrogen) atoms. The first-order chi connectivity index (χ1) is 11.1. The average molecular weight is 309 g/mol. The number of methoxy groups -OCH3 is 1. The number of benzene rings is 2. The number of carbonyl (C=O) groups excluding carboxylic acids is 2. The Bertz CT molecular complexity index is 899. The average Bonchev–Trinajstić information content (AvgIpc) is 2.97. The number of carbonyl (C=O) groups is 2. The molecule has 0 spiro atoms. The molecule has 0 bridgehead atoms. The molecule has 3 rings (SSSR count). The summed E-state index contributed by atoms with van der Waals surface area (Å²) in [4.78, 5) is 24.3. The summed E-state index contributed by atoms with van der Waals surface area (Å²) in [5.41, 5.74) is 2.40. The van der Waals surface area contributed by atoms with Crippen LogP contribution in [0.1, 0.15) is 15.9 Å². The van der Waals surface area contributed by atoms with Crippen molar-refractivity contribution in [1.29, 1.82) is 0 Å². The second-order valence-electron chi connectivity index (χ2n) is 5.09. The van der Waals surface area contributed by atoms with Gasteiger partial charge < -0.3 is 10.1 Å². The molecule has 0 saturated carbocycles. The van der Waals surface area contributed by atoms with Crippen LogP contribution in [0.2, 0.25) is 0 Å². The van der Waals surface area contributed by atoms with Crippen molar-refractivity contribution in [2.75, 3.05) is 12.4 Å². The number of esters is 1. The van der Waals surface area contributed by atoms with Gasteiger partial charge >= 0.3 is 12.0 Å². The highest BCUT2D eigenvalue weighted by Gasteiger charge is 2.16. The SMILES string of the molecule is COC(=O)c1ccccc1NC(=O)n1ncc2ccc(C)cc21. The minimum atomic E-state index is -0.512. The van der Waals surface area contributed by atoms with Crippen LogP contribution in [0.4, 0.5) is 10.5 Å². The van der Waals surface area contributed by atoms with Crippen LogP contribution in [0.15, 0.2) is 48.7 Å². The van der Waals surface area contributed by atoms with Crippen molar-refractivity contribution in [2.24, 2.45) is 0 Å². The molecular weight excluding hydrogens is 294 g/mol. The third kappa shape index (κ3) is 2.78. The van der Waals surface area contributed by atoms with Crippen molar-refractivity contribution in [1.82, 2.24) is 9.78 Å². The predicted octanol–water partition coefficient (Wildman–Crippen LogP) is 3.21. The molecule has 0 aliphatic carbocycles. The van der Waals surface area contributed by atoms with E-state index >= 15 is 0 Å². The number of rotatable bonds is 2. The Morgan fingerprint density at radius 2 is 1.96 bits per heavy atom. The number of anilines is 1. The molecule has 0 aliphatic rings. The highest BCUT2D eigenvalue weighted by molar-refractivity contribution is 6.03. The van der Waals surface area contributed by atoms with Crippen LogP contribution in [-0.2, 0) is 4.74 Å². The molecule has 2 aromatic carbocycles. The number of para-hydroxylation sites is 1. The number of nitrogens with one attached hydrogen (secondary N) is 1. The van der Waals surface area contributed by atoms with E-state index in [4.69, 9.17) is 4.74 Å². The van der Waals surface area contributed by atoms with Crippen molar-refractivity contribution in [3.63, 3.8) is 0 Å². The lowest BCUT2D eigenvalue weighted by Crippen LogP contribution is -2.22. The molecule has 0 aliphatic heterocycles. The molecule has 0 fully saturated rings. The lowest BCUT2D eigenvalue weighted by Gasteiger charge is -2.10. The molecular formula is C17H15N3O3. The number of amides is 1. The first-order valence-electron chi connectivity index (χ1n) is 7.03. The van der Waals surface area contributed by atoms with Gasteiger partial charge in [0.2, 0.25) is 0 Å². The molecule has 0 unspecified atom stereocenters. The van der Waals surface area contributed by atoms with E-state index in [2.05, 4.69) is 10.4 Å². The highest BCUT2D eigenvalue weighted by Crippen LogP contribution is 2.19. The second kappa shape index (κ2) is 5.92. The Morgan fingerprint density at radius 3 is 2.74 bits per heavy atom. The van der Waals surface area contributed by atoms with Gasteiger partial charge in [-0.3, -0.25) is 0 Å². The third-order valence-corrected chi connectivity index (χ3v) is 3.49. The van der Waals surface area contributed by atoms with Crippen LogP contribution in [-0.4, -0.2) is 28.9 Å². The normalized spacial score (nSPS) is 10.5. The molecule has 0 atom stereocenters. The minimum absolute atomic E-state index is 0.288. The molecule has 116 valence electrons. The van der Waals surface area contributed by atoms with Crippen molar-refractivity contribution >= 4 is 28.6 Å². The van der Waals surface area contributed by atoms with E-state index in [1.807, 2.05) is 25.1 Å². The summed E-state index contributed by atoms with van der Waals surface area (Å²) in [7, 11) is 1.30. The topological polar surface area (TPSA) is 73.2 Å². The summed E-state index contributed by atoms with van der Waals surface area (Å²) in [5, 5.41) is 7.68. The van der Waals surface area contributed by atoms with Crippen LogP contribution in [0.5, 0.6) is 0 Å². The Balaban J connectivity index is 1.96. The molecule has 0 saturated heterocycles. The fraction of sp³-hybridized carbons (Fsp3) is 0.118. The lowest BCUT2D eigenvalue weighted by atomic mass is 10.2. The summed E-state index contributed by atoms with van der Waals surface area (Å²) in [5.74, 6) is -0.512. The quantitative estimate of drug-likeness (QED) is 0.738. The van der Waals surface area contributed by atoms with Crippen molar-refractivity contribution < 1.29 is 14.3 Å². The predicted molar refractivity (Wildman–Crippen MR) is 86.7 cm³/mol. The third-order valence-electron chi connectivity index (χ3n) is 3.49. The van der Waals surface area contributed by atoms with E-state index in [1.54, 1.807) is 30.5 Å². The van der Waals surface area contributed by atoms with E-state index in [1.165, 1.54) is 11.8 Å². The number of hydrogen-bond acceptors (Lipinski definition) is 4. The summed E-state index contributed by atoms with van der Waals surface area (Å²) in [6, 6.07) is 12.0. The molecule has 1 heterocycles. The Morgan fingerprint density at radius 1 is 1.17 bits per heavy atom. The standard InChI is InChI=1S/C17H15N3O3/c1-11-7-8-12-10-18-20(15(12)9-11)17(22)19-14-6-4-3-5-13(14)16(21)23-2/h3-10H,1-2H3,(H,19,22). The highest BCUT2D eigenvalue weighted by atomic mass is 16.5. The molecule has 0 radical (unpaired) electrons. The summed E-state index contributed by atoms with van der Waals surface area (Å²) < 4.78 is 6.00. The van der Waals surface area contributed by atoms with Gasteiger partial charge in [0.1, 0.15) is 0 Å². The number of fused-ring (bicyclic) bond motifs is 1. The zero-order chi connectivity index (χ0) is 16.4. The van der Waals surface area contributed by atoms with Gasteiger partial charge in [0, 0.05) is 5.39 Å². The van der Waals surface area contributed by atoms with Crippen LogP contribution in [0, 0.1) is 6.92 Å². The van der Waals surface area contributed by atoms with E-state index in [0.717, 1.165) is 10.9 Å². The molecule has 1 amide bonds. The maximum absolute atomic E-state index is 12.5. The van der Waals surface area contributed by atoms with Crippen molar-refractivity contribution in [2.45, 2.75) is 6.92 Å². The largest absolute Gasteiger partial charge is 0.465 e. The van der Waals surface area contributed by atoms with Gasteiger partial charge in [-0.2, -0.15) is 9.78 Å². The zero-order valence-corrected chi connectivity index (χ0v) is 12.7. The number of hydrogen-bond donors (Lipinski definition) is 1. The van der Waals surface area contributed by atoms with Gasteiger partial charge in [-0.25, -0.2) is 9.59 Å². The molecule has 1 N–H and O–H groups in total. The fourth-order valence-corrected chi connectivity index (χ4v) is 2.34. The van der Waals surface area contributed by atoms with Gasteiger partial charge in [-0.1, -0.05) is 24.3 Å². The van der Waals surface area contributed by atoms with Crippen molar-refractivity contribution in [3.8, 4) is 0 Å². The van der Waals surface area contributed by atoms with Crippen LogP contribution >= 0.6 is 0 Å². The van der Waals surface area contributed by atoms with Crippen molar-refractivity contribution in [3.05, 3.63) is 59.8 Å². The Hall–Kier alpha value is -3.15. The smallest absolute Gasteiger partial charge is 0.347 e. The second-order valence-corrected chi connectivity index (χ2v) is 5.09.